The van der Waals surface area contributed by atoms with Gasteiger partial charge in [-0.3, -0.25) is 9.59 Å². The van der Waals surface area contributed by atoms with Gasteiger partial charge in [0.05, 0.1) is 0 Å². The highest BCUT2D eigenvalue weighted by Crippen LogP contribution is 2.40. The average molecular weight is 375 g/mol. The molecule has 1 heterocycles. The first-order chi connectivity index (χ1) is 12.5. The number of nitrogens with zero attached hydrogens (tertiary/aromatic N) is 2. The van der Waals surface area contributed by atoms with Crippen LogP contribution in [0.15, 0.2) is 18.2 Å². The van der Waals surface area contributed by atoms with Crippen LogP contribution in [0.3, 0.4) is 0 Å². The molecule has 4 nitrogen and oxygen atoms in total. The maximum Gasteiger partial charge on any atom is 0.225 e. The third-order valence-corrected chi connectivity index (χ3v) is 6.74. The van der Waals surface area contributed by atoms with Crippen LogP contribution < -0.4 is 4.90 Å². The van der Waals surface area contributed by atoms with Crippen LogP contribution in [0.25, 0.3) is 0 Å². The fourth-order valence-corrected chi connectivity index (χ4v) is 5.20. The normalized spacial score (nSPS) is 29.0. The lowest BCUT2D eigenvalue weighted by Crippen LogP contribution is -2.52. The third kappa shape index (κ3) is 3.36. The van der Waals surface area contributed by atoms with Crippen LogP contribution >= 0.6 is 11.6 Å². The molecule has 1 aromatic carbocycles. The summed E-state index contributed by atoms with van der Waals surface area (Å²) in [5.41, 5.74) is 2.38. The van der Waals surface area contributed by atoms with Crippen molar-refractivity contribution in [2.24, 2.45) is 17.8 Å². The van der Waals surface area contributed by atoms with E-state index in [1.54, 1.807) is 0 Å². The molecule has 0 N–H and O–H groups in total. The van der Waals surface area contributed by atoms with E-state index in [9.17, 15) is 9.59 Å². The highest BCUT2D eigenvalue weighted by atomic mass is 35.5. The van der Waals surface area contributed by atoms with Gasteiger partial charge in [0.25, 0.3) is 0 Å². The second-order valence-corrected chi connectivity index (χ2v) is 8.58. The van der Waals surface area contributed by atoms with Gasteiger partial charge in [-0.2, -0.15) is 0 Å². The van der Waals surface area contributed by atoms with Gasteiger partial charge in [0.1, 0.15) is 5.78 Å². The van der Waals surface area contributed by atoms with Crippen LogP contribution in [0.5, 0.6) is 0 Å². The Bertz CT molecular complexity index is 696. The van der Waals surface area contributed by atoms with Crippen molar-refractivity contribution in [3.05, 3.63) is 28.8 Å². The topological polar surface area (TPSA) is 40.6 Å². The van der Waals surface area contributed by atoms with Crippen molar-refractivity contribution >= 4 is 29.0 Å². The minimum atomic E-state index is 0.0578. The summed E-state index contributed by atoms with van der Waals surface area (Å²) < 4.78 is 0. The van der Waals surface area contributed by atoms with Gasteiger partial charge in [0.15, 0.2) is 0 Å². The van der Waals surface area contributed by atoms with Gasteiger partial charge in [0, 0.05) is 54.6 Å². The van der Waals surface area contributed by atoms with Gasteiger partial charge in [-0.05, 0) is 50.3 Å². The van der Waals surface area contributed by atoms with E-state index in [0.717, 1.165) is 63.3 Å². The Hall–Kier alpha value is -1.55. The standard InChI is InChI=1S/C21H27ClN2O2/c1-14-5-6-18(22)13-19(14)23-7-9-24(10-8-23)21(26)17-11-15-3-2-4-16(12-17)20(15)25/h5-6,13,15-17H,2-4,7-12H2,1H3/t15-,16+,17?. The summed E-state index contributed by atoms with van der Waals surface area (Å²) >= 11 is 6.16. The summed E-state index contributed by atoms with van der Waals surface area (Å²) in [5.74, 6) is 1.06. The van der Waals surface area contributed by atoms with Crippen LogP contribution in [-0.2, 0) is 9.59 Å². The summed E-state index contributed by atoms with van der Waals surface area (Å²) in [5, 5.41) is 0.752. The quantitative estimate of drug-likeness (QED) is 0.792. The number of carbonyl (C=O) groups excluding carboxylic acids is 2. The summed E-state index contributed by atoms with van der Waals surface area (Å²) in [4.78, 5) is 29.6. The van der Waals surface area contributed by atoms with Crippen molar-refractivity contribution in [2.45, 2.75) is 39.0 Å². The van der Waals surface area contributed by atoms with Crippen LogP contribution in [0.4, 0.5) is 5.69 Å². The maximum absolute atomic E-state index is 13.0. The van der Waals surface area contributed by atoms with Crippen molar-refractivity contribution in [1.29, 1.82) is 0 Å². The molecule has 1 aliphatic heterocycles. The zero-order valence-corrected chi connectivity index (χ0v) is 16.2. The lowest BCUT2D eigenvalue weighted by Gasteiger charge is -2.41. The smallest absolute Gasteiger partial charge is 0.225 e. The molecular weight excluding hydrogens is 348 g/mol. The van der Waals surface area contributed by atoms with Crippen molar-refractivity contribution in [1.82, 2.24) is 4.90 Å². The number of hydrogen-bond donors (Lipinski definition) is 0. The number of piperazine rings is 1. The van der Waals surface area contributed by atoms with E-state index >= 15 is 0 Å². The van der Waals surface area contributed by atoms with E-state index in [-0.39, 0.29) is 23.7 Å². The molecule has 2 aliphatic carbocycles. The third-order valence-electron chi connectivity index (χ3n) is 6.50. The number of ketones is 1. The lowest BCUT2D eigenvalue weighted by molar-refractivity contribution is -0.143. The second-order valence-electron chi connectivity index (χ2n) is 8.14. The summed E-state index contributed by atoms with van der Waals surface area (Å²) in [6.07, 6.45) is 4.69. The molecule has 1 amide bonds. The van der Waals surface area contributed by atoms with Crippen LogP contribution in [0.1, 0.15) is 37.7 Å². The summed E-state index contributed by atoms with van der Waals surface area (Å²) in [6, 6.07) is 5.98. The van der Waals surface area contributed by atoms with Gasteiger partial charge in [0.2, 0.25) is 5.91 Å². The van der Waals surface area contributed by atoms with E-state index in [1.165, 1.54) is 11.3 Å². The summed E-state index contributed by atoms with van der Waals surface area (Å²) in [6.45, 7) is 5.28. The van der Waals surface area contributed by atoms with Crippen molar-refractivity contribution in [3.8, 4) is 0 Å². The molecule has 0 aromatic heterocycles. The molecule has 140 valence electrons. The SMILES string of the molecule is Cc1ccc(Cl)cc1N1CCN(C(=O)C2C[C@H]3CCC[C@@H](C2)C3=O)CC1. The maximum atomic E-state index is 13.0. The molecular formula is C21H27ClN2O2. The Kier molecular flexibility index (Phi) is 4.96. The first-order valence-electron chi connectivity index (χ1n) is 9.86. The van der Waals surface area contributed by atoms with E-state index in [2.05, 4.69) is 11.8 Å². The Morgan fingerprint density at radius 2 is 1.73 bits per heavy atom. The Morgan fingerprint density at radius 1 is 1.08 bits per heavy atom. The zero-order valence-electron chi connectivity index (χ0n) is 15.4. The van der Waals surface area contributed by atoms with Gasteiger partial charge >= 0.3 is 0 Å². The number of carbonyl (C=O) groups is 2. The fraction of sp³-hybridized carbons (Fsp3) is 0.619. The minimum absolute atomic E-state index is 0.0578. The van der Waals surface area contributed by atoms with Crippen LogP contribution in [0.2, 0.25) is 5.02 Å². The Morgan fingerprint density at radius 3 is 2.38 bits per heavy atom. The molecule has 3 fully saturated rings. The summed E-state index contributed by atoms with van der Waals surface area (Å²) in [7, 11) is 0. The molecule has 3 atom stereocenters. The fourth-order valence-electron chi connectivity index (χ4n) is 5.03. The minimum Gasteiger partial charge on any atom is -0.368 e. The van der Waals surface area contributed by atoms with Crippen molar-refractivity contribution < 1.29 is 9.59 Å². The molecule has 26 heavy (non-hydrogen) atoms. The predicted molar refractivity (Wildman–Crippen MR) is 104 cm³/mol. The highest BCUT2D eigenvalue weighted by Gasteiger charge is 2.42. The highest BCUT2D eigenvalue weighted by molar-refractivity contribution is 6.30. The molecule has 0 radical (unpaired) electrons. The van der Waals surface area contributed by atoms with Crippen molar-refractivity contribution in [2.75, 3.05) is 31.1 Å². The number of anilines is 1. The number of amides is 1. The van der Waals surface area contributed by atoms with Crippen molar-refractivity contribution in [3.63, 3.8) is 0 Å². The number of hydrogen-bond acceptors (Lipinski definition) is 3. The van der Waals surface area contributed by atoms with Gasteiger partial charge in [-0.15, -0.1) is 0 Å². The molecule has 1 aromatic rings. The van der Waals surface area contributed by atoms with Gasteiger partial charge in [-0.1, -0.05) is 24.1 Å². The molecule has 3 aliphatic rings. The monoisotopic (exact) mass is 374 g/mol. The van der Waals surface area contributed by atoms with Gasteiger partial charge in [-0.25, -0.2) is 0 Å². The number of rotatable bonds is 2. The van der Waals surface area contributed by atoms with Crippen LogP contribution in [0, 0.1) is 24.7 Å². The number of fused-ring (bicyclic) bond motifs is 2. The molecule has 1 saturated heterocycles. The lowest BCUT2D eigenvalue weighted by atomic mass is 9.67. The van der Waals surface area contributed by atoms with E-state index in [4.69, 9.17) is 11.6 Å². The molecule has 2 saturated carbocycles. The molecule has 2 bridgehead atoms. The Balaban J connectivity index is 1.38. The predicted octanol–water partition coefficient (Wildman–Crippen LogP) is 3.69. The number of benzene rings is 1. The number of halogens is 1. The largest absolute Gasteiger partial charge is 0.368 e. The number of Topliss-reactive ketones (excluding diaryl/α,β-unsaturated/α-hetero) is 1. The first kappa shape index (κ1) is 17.8. The average Bonchev–Trinajstić information content (AvgIpc) is 2.63. The van der Waals surface area contributed by atoms with Crippen LogP contribution in [-0.4, -0.2) is 42.8 Å². The van der Waals surface area contributed by atoms with E-state index in [0.29, 0.717) is 5.78 Å². The first-order valence-corrected chi connectivity index (χ1v) is 10.2. The zero-order chi connectivity index (χ0) is 18.3. The van der Waals surface area contributed by atoms with E-state index in [1.807, 2.05) is 23.1 Å². The van der Waals surface area contributed by atoms with Gasteiger partial charge < -0.3 is 9.80 Å². The molecule has 5 heteroatoms. The molecule has 0 spiro atoms. The Labute approximate surface area is 160 Å². The number of aryl methyl sites for hydroxylation is 1. The van der Waals surface area contributed by atoms with E-state index < -0.39 is 0 Å². The second kappa shape index (κ2) is 7.22. The molecule has 4 rings (SSSR count). The molecule has 1 unspecified atom stereocenters.